The van der Waals surface area contributed by atoms with E-state index in [1.807, 2.05) is 13.8 Å². The van der Waals surface area contributed by atoms with E-state index in [0.717, 1.165) is 12.0 Å². The van der Waals surface area contributed by atoms with Gasteiger partial charge in [0.1, 0.15) is 5.75 Å². The minimum atomic E-state index is -0.515. The van der Waals surface area contributed by atoms with Gasteiger partial charge in [0.15, 0.2) is 0 Å². The largest absolute Gasteiger partial charge is 0.507 e. The van der Waals surface area contributed by atoms with Crippen LogP contribution in [-0.2, 0) is 6.42 Å². The van der Waals surface area contributed by atoms with Crippen LogP contribution < -0.4 is 0 Å². The molecule has 0 unspecified atom stereocenters. The molecule has 0 fully saturated rings. The molecule has 0 aliphatic carbocycles. The molecule has 4 heteroatoms. The average molecular weight is 195 g/mol. The molecule has 0 saturated heterocycles. The molecule has 0 atom stereocenters. The predicted molar refractivity (Wildman–Crippen MR) is 53.3 cm³/mol. The zero-order valence-electron chi connectivity index (χ0n) is 8.23. The van der Waals surface area contributed by atoms with E-state index in [1.165, 1.54) is 12.1 Å². The van der Waals surface area contributed by atoms with E-state index < -0.39 is 4.92 Å². The summed E-state index contributed by atoms with van der Waals surface area (Å²) in [6, 6.07) is 4.21. The maximum absolute atomic E-state index is 10.4. The van der Waals surface area contributed by atoms with Crippen LogP contribution in [0, 0.1) is 16.0 Å². The molecule has 0 aliphatic heterocycles. The van der Waals surface area contributed by atoms with Gasteiger partial charge in [-0.15, -0.1) is 0 Å². The van der Waals surface area contributed by atoms with Crippen LogP contribution in [0.2, 0.25) is 0 Å². The Balaban J connectivity index is 2.95. The van der Waals surface area contributed by atoms with E-state index in [-0.39, 0.29) is 11.4 Å². The third-order valence-corrected chi connectivity index (χ3v) is 1.91. The van der Waals surface area contributed by atoms with Crippen molar-refractivity contribution in [2.45, 2.75) is 20.3 Å². The molecular formula is C10H13NO3. The Hall–Kier alpha value is -1.58. The molecule has 14 heavy (non-hydrogen) atoms. The standard InChI is InChI=1S/C10H13NO3/c1-7(2)5-8-3-4-9(11(13)14)6-10(8)12/h3-4,6-7,12H,5H2,1-2H3. The lowest BCUT2D eigenvalue weighted by Crippen LogP contribution is -1.95. The number of hydrogen-bond donors (Lipinski definition) is 1. The minimum absolute atomic E-state index is 0.00731. The van der Waals surface area contributed by atoms with Crippen LogP contribution >= 0.6 is 0 Å². The average Bonchev–Trinajstić information content (AvgIpc) is 2.07. The lowest BCUT2D eigenvalue weighted by molar-refractivity contribution is -0.384. The van der Waals surface area contributed by atoms with Crippen LogP contribution in [0.3, 0.4) is 0 Å². The molecule has 0 amide bonds. The normalized spacial score (nSPS) is 10.5. The number of aromatic hydroxyl groups is 1. The fraction of sp³-hybridized carbons (Fsp3) is 0.400. The topological polar surface area (TPSA) is 63.4 Å². The second kappa shape index (κ2) is 4.09. The zero-order valence-corrected chi connectivity index (χ0v) is 8.23. The van der Waals surface area contributed by atoms with Crippen molar-refractivity contribution in [1.29, 1.82) is 0 Å². The first kappa shape index (κ1) is 10.5. The number of nitro benzene ring substituents is 1. The molecule has 0 aromatic heterocycles. The van der Waals surface area contributed by atoms with E-state index in [2.05, 4.69) is 0 Å². The maximum Gasteiger partial charge on any atom is 0.273 e. The third-order valence-electron chi connectivity index (χ3n) is 1.91. The second-order valence-corrected chi connectivity index (χ2v) is 3.67. The number of phenols is 1. The van der Waals surface area contributed by atoms with Crippen LogP contribution in [0.15, 0.2) is 18.2 Å². The van der Waals surface area contributed by atoms with Crippen molar-refractivity contribution in [3.63, 3.8) is 0 Å². The summed E-state index contributed by atoms with van der Waals surface area (Å²) in [4.78, 5) is 9.87. The minimum Gasteiger partial charge on any atom is -0.507 e. The third kappa shape index (κ3) is 2.45. The first-order valence-electron chi connectivity index (χ1n) is 4.47. The number of nitro groups is 1. The fourth-order valence-electron chi connectivity index (χ4n) is 1.28. The maximum atomic E-state index is 10.4. The highest BCUT2D eigenvalue weighted by Crippen LogP contribution is 2.25. The van der Waals surface area contributed by atoms with Gasteiger partial charge < -0.3 is 5.11 Å². The van der Waals surface area contributed by atoms with Crippen molar-refractivity contribution < 1.29 is 10.0 Å². The number of rotatable bonds is 3. The molecule has 1 aromatic rings. The number of benzene rings is 1. The van der Waals surface area contributed by atoms with Crippen molar-refractivity contribution in [3.05, 3.63) is 33.9 Å². The lowest BCUT2D eigenvalue weighted by Gasteiger charge is -2.06. The van der Waals surface area contributed by atoms with Gasteiger partial charge in [-0.25, -0.2) is 0 Å². The van der Waals surface area contributed by atoms with E-state index in [4.69, 9.17) is 0 Å². The van der Waals surface area contributed by atoms with Crippen LogP contribution in [-0.4, -0.2) is 10.0 Å². The highest BCUT2D eigenvalue weighted by atomic mass is 16.6. The fourth-order valence-corrected chi connectivity index (χ4v) is 1.28. The van der Waals surface area contributed by atoms with Crippen molar-refractivity contribution in [2.75, 3.05) is 0 Å². The highest BCUT2D eigenvalue weighted by Gasteiger charge is 2.10. The SMILES string of the molecule is CC(C)Cc1ccc([N+](=O)[O-])cc1O. The molecule has 0 saturated carbocycles. The quantitative estimate of drug-likeness (QED) is 0.595. The van der Waals surface area contributed by atoms with Gasteiger partial charge in [-0.05, 0) is 24.0 Å². The molecule has 1 N–H and O–H groups in total. The summed E-state index contributed by atoms with van der Waals surface area (Å²) in [5.41, 5.74) is 0.681. The van der Waals surface area contributed by atoms with Crippen molar-refractivity contribution >= 4 is 5.69 Å². The Labute approximate surface area is 82.3 Å². The molecule has 0 spiro atoms. The summed E-state index contributed by atoms with van der Waals surface area (Å²) < 4.78 is 0. The molecule has 0 heterocycles. The summed E-state index contributed by atoms with van der Waals surface area (Å²) in [6.45, 7) is 4.06. The molecule has 0 aliphatic rings. The molecule has 1 rings (SSSR count). The number of hydrogen-bond acceptors (Lipinski definition) is 3. The summed E-state index contributed by atoms with van der Waals surface area (Å²) in [7, 11) is 0. The molecule has 0 radical (unpaired) electrons. The number of non-ortho nitro benzene ring substituents is 1. The van der Waals surface area contributed by atoms with Gasteiger partial charge in [-0.1, -0.05) is 13.8 Å². The van der Waals surface area contributed by atoms with Crippen LogP contribution in [0.1, 0.15) is 19.4 Å². The Morgan fingerprint density at radius 3 is 2.57 bits per heavy atom. The van der Waals surface area contributed by atoms with Crippen molar-refractivity contribution in [2.24, 2.45) is 5.92 Å². The molecule has 0 bridgehead atoms. The van der Waals surface area contributed by atoms with E-state index in [0.29, 0.717) is 5.92 Å². The molecule has 76 valence electrons. The Bertz CT molecular complexity index is 347. The van der Waals surface area contributed by atoms with Crippen molar-refractivity contribution in [1.82, 2.24) is 0 Å². The summed E-state index contributed by atoms with van der Waals surface area (Å²) >= 11 is 0. The van der Waals surface area contributed by atoms with Gasteiger partial charge in [0.25, 0.3) is 5.69 Å². The van der Waals surface area contributed by atoms with E-state index in [9.17, 15) is 15.2 Å². The lowest BCUT2D eigenvalue weighted by atomic mass is 10.0. The first-order valence-corrected chi connectivity index (χ1v) is 4.47. The monoisotopic (exact) mass is 195 g/mol. The molecular weight excluding hydrogens is 182 g/mol. The zero-order chi connectivity index (χ0) is 10.7. The molecule has 1 aromatic carbocycles. The van der Waals surface area contributed by atoms with Crippen LogP contribution in [0.4, 0.5) is 5.69 Å². The number of nitrogens with zero attached hydrogens (tertiary/aromatic N) is 1. The number of phenolic OH excluding ortho intramolecular Hbond substituents is 1. The van der Waals surface area contributed by atoms with Gasteiger partial charge >= 0.3 is 0 Å². The van der Waals surface area contributed by atoms with Gasteiger partial charge in [0.2, 0.25) is 0 Å². The Morgan fingerprint density at radius 1 is 1.50 bits per heavy atom. The van der Waals surface area contributed by atoms with Gasteiger partial charge in [-0.2, -0.15) is 0 Å². The van der Waals surface area contributed by atoms with Gasteiger partial charge in [0.05, 0.1) is 11.0 Å². The summed E-state index contributed by atoms with van der Waals surface area (Å²) in [5, 5.41) is 19.9. The van der Waals surface area contributed by atoms with Gasteiger partial charge in [-0.3, -0.25) is 10.1 Å². The molecule has 4 nitrogen and oxygen atoms in total. The predicted octanol–water partition coefficient (Wildman–Crippen LogP) is 2.50. The Kier molecular flexibility index (Phi) is 3.06. The van der Waals surface area contributed by atoms with Crippen LogP contribution in [0.25, 0.3) is 0 Å². The smallest absolute Gasteiger partial charge is 0.273 e. The van der Waals surface area contributed by atoms with Crippen molar-refractivity contribution in [3.8, 4) is 5.75 Å². The highest BCUT2D eigenvalue weighted by molar-refractivity contribution is 5.43. The van der Waals surface area contributed by atoms with Crippen LogP contribution in [0.5, 0.6) is 5.75 Å². The Morgan fingerprint density at radius 2 is 2.14 bits per heavy atom. The summed E-state index contributed by atoms with van der Waals surface area (Å²) in [5.74, 6) is 0.426. The van der Waals surface area contributed by atoms with E-state index in [1.54, 1.807) is 6.07 Å². The van der Waals surface area contributed by atoms with Gasteiger partial charge in [0, 0.05) is 6.07 Å². The van der Waals surface area contributed by atoms with E-state index >= 15 is 0 Å². The first-order chi connectivity index (χ1) is 6.50. The summed E-state index contributed by atoms with van der Waals surface area (Å²) in [6.07, 6.45) is 0.726. The second-order valence-electron chi connectivity index (χ2n) is 3.67.